The van der Waals surface area contributed by atoms with Crippen molar-refractivity contribution in [1.82, 2.24) is 0 Å². The minimum Gasteiger partial charge on any atom is 0 e. The van der Waals surface area contributed by atoms with Crippen molar-refractivity contribution < 1.29 is 37.6 Å². The van der Waals surface area contributed by atoms with Crippen molar-refractivity contribution in [2.24, 2.45) is 0 Å². The molecule has 0 fully saturated rings. The van der Waals surface area contributed by atoms with E-state index < -0.39 is 0 Å². The average Bonchev–Trinajstić information content (AvgIpc) is 1.25. The van der Waals surface area contributed by atoms with Gasteiger partial charge in [0.15, 0.2) is 0 Å². The van der Waals surface area contributed by atoms with Crippen LogP contribution >= 0.6 is 59.9 Å². The molecule has 0 unspecified atom stereocenters. The molecule has 0 aliphatic heterocycles. The first-order valence-electron chi connectivity index (χ1n) is 2.01. The van der Waals surface area contributed by atoms with E-state index in [2.05, 4.69) is 80.7 Å². The third kappa shape index (κ3) is 77.1. The minimum absolute atomic E-state index is 0. The molecule has 0 aromatic rings. The van der Waals surface area contributed by atoms with Gasteiger partial charge in [-0.05, 0) is 0 Å². The minimum atomic E-state index is -0.278. The largest absolute Gasteiger partial charge is 0 e. The quantitative estimate of drug-likeness (QED) is 0.298. The fourth-order valence-electron chi connectivity index (χ4n) is 0. The van der Waals surface area contributed by atoms with Gasteiger partial charge in [-0.1, -0.05) is 0 Å². The number of rotatable bonds is 0. The Morgan fingerprint density at radius 1 is 1.00 bits per heavy atom. The van der Waals surface area contributed by atoms with Crippen molar-refractivity contribution in [3.05, 3.63) is 5.92 Å². The van der Waals surface area contributed by atoms with Gasteiger partial charge in [0.05, 0.1) is 0 Å². The number of hydrogen-bond acceptors (Lipinski definition) is 0. The van der Waals surface area contributed by atoms with E-state index >= 15 is 0 Å². The molecular formula is C4H9I3VY-. The Morgan fingerprint density at radius 2 is 1.00 bits per heavy atom. The molecule has 0 aliphatic carbocycles. The zero-order valence-electron chi connectivity index (χ0n) is 5.66. The number of halogens is 3. The van der Waals surface area contributed by atoms with Crippen LogP contribution in [-0.4, -0.2) is 0 Å². The van der Waals surface area contributed by atoms with Crippen LogP contribution in [0.5, 0.6) is 0 Å². The van der Waals surface area contributed by atoms with Crippen LogP contribution < -0.4 is 0 Å². The van der Waals surface area contributed by atoms with Crippen molar-refractivity contribution in [2.75, 3.05) is 0 Å². The normalized spacial score (nSPS) is 8.00. The van der Waals surface area contributed by atoms with E-state index in [4.69, 9.17) is 0 Å². The second-order valence-electron chi connectivity index (χ2n) is 1.69. The summed E-state index contributed by atoms with van der Waals surface area (Å²) in [6.45, 7) is 6.25. The maximum Gasteiger partial charge on any atom is 0 e. The van der Waals surface area contributed by atoms with E-state index in [1.165, 1.54) is 5.92 Å². The summed E-state index contributed by atoms with van der Waals surface area (Å²) >= 11 is 7.39. The molecule has 0 spiro atoms. The zero-order chi connectivity index (χ0) is 7.15. The Hall–Kier alpha value is 3.88. The Kier molecular flexibility index (Phi) is 29.8. The van der Waals surface area contributed by atoms with Crippen LogP contribution in [0, 0.1) is 5.92 Å². The Morgan fingerprint density at radius 3 is 1.00 bits per heavy atom. The molecule has 0 saturated heterocycles. The third-order valence-electron chi connectivity index (χ3n) is 0. The van der Waals surface area contributed by atoms with E-state index in [1.807, 2.05) is 0 Å². The van der Waals surface area contributed by atoms with Gasteiger partial charge in [0.2, 0.25) is 0 Å². The van der Waals surface area contributed by atoms with Crippen LogP contribution in [0.2, 0.25) is 0 Å². The Balaban J connectivity index is -0.0000000720. The summed E-state index contributed by atoms with van der Waals surface area (Å²) in [4.78, 5) is -0.278. The Bertz CT molecular complexity index is 31.3. The average molecular weight is 578 g/mol. The van der Waals surface area contributed by atoms with Gasteiger partial charge in [-0.2, -0.15) is 20.8 Å². The van der Waals surface area contributed by atoms with Crippen molar-refractivity contribution in [3.8, 4) is 0 Å². The fourth-order valence-corrected chi connectivity index (χ4v) is 0. The topological polar surface area (TPSA) is 0 Å². The van der Waals surface area contributed by atoms with Gasteiger partial charge >= 0.3 is 64.9 Å². The van der Waals surface area contributed by atoms with E-state index in [9.17, 15) is 0 Å². The Labute approximate surface area is 121 Å². The van der Waals surface area contributed by atoms with Gasteiger partial charge in [-0.25, -0.2) is 0 Å². The molecule has 0 amide bonds. The summed E-state index contributed by atoms with van der Waals surface area (Å²) in [7, 11) is 0. The first-order valence-corrected chi connectivity index (χ1v) is 15.5. The SMILES string of the molecule is C[C-](C)C.[I][V]([I])[I].[Y]. The van der Waals surface area contributed by atoms with E-state index in [0.717, 1.165) is 0 Å². The predicted octanol–water partition coefficient (Wildman–Crippen LogP) is 4.27. The van der Waals surface area contributed by atoms with Gasteiger partial charge in [-0.15, -0.1) is 0 Å². The van der Waals surface area contributed by atoms with Gasteiger partial charge in [-0.3, -0.25) is 0 Å². The van der Waals surface area contributed by atoms with Crippen LogP contribution in [-0.2, 0) is 37.6 Å². The standard InChI is InChI=1S/C4H9.3HI.V.Y/c1-4(2)3;;;;;/h1-3H3;3*1H;;/q-1;;;;+3;/p-3. The van der Waals surface area contributed by atoms with Crippen LogP contribution in [0.4, 0.5) is 0 Å². The first kappa shape index (κ1) is 18.6. The first-order chi connectivity index (χ1) is 3.46. The molecule has 0 nitrogen and oxygen atoms in total. The summed E-state index contributed by atoms with van der Waals surface area (Å²) in [6.07, 6.45) is 0. The maximum absolute atomic E-state index is 2.46. The summed E-state index contributed by atoms with van der Waals surface area (Å²) in [5, 5.41) is 0. The molecule has 9 heavy (non-hydrogen) atoms. The summed E-state index contributed by atoms with van der Waals surface area (Å²) in [5.74, 6) is 1.42. The monoisotopic (exact) mass is 578 g/mol. The smallest absolute Gasteiger partial charge is 0 e. The molecular weight excluding hydrogens is 569 g/mol. The fraction of sp³-hybridized carbons (Fsp3) is 0.750. The van der Waals surface area contributed by atoms with Crippen LogP contribution in [0.15, 0.2) is 0 Å². The summed E-state index contributed by atoms with van der Waals surface area (Å²) < 4.78 is 0. The molecule has 0 aromatic carbocycles. The van der Waals surface area contributed by atoms with Crippen LogP contribution in [0.1, 0.15) is 20.8 Å². The maximum atomic E-state index is 2.46. The van der Waals surface area contributed by atoms with E-state index in [-0.39, 0.29) is 37.6 Å². The molecule has 0 atom stereocenters. The molecule has 0 saturated carbocycles. The summed E-state index contributed by atoms with van der Waals surface area (Å²) in [5.41, 5.74) is 0. The summed E-state index contributed by atoms with van der Waals surface area (Å²) in [6, 6.07) is 0. The zero-order valence-corrected chi connectivity index (χ0v) is 16.4. The molecule has 0 bridgehead atoms. The van der Waals surface area contributed by atoms with Crippen molar-refractivity contribution >= 4 is 59.9 Å². The second kappa shape index (κ2) is 14.4. The van der Waals surface area contributed by atoms with E-state index in [1.54, 1.807) is 0 Å². The van der Waals surface area contributed by atoms with Gasteiger partial charge in [0.25, 0.3) is 0 Å². The van der Waals surface area contributed by atoms with Crippen molar-refractivity contribution in [2.45, 2.75) is 20.8 Å². The van der Waals surface area contributed by atoms with E-state index in [0.29, 0.717) is 0 Å². The van der Waals surface area contributed by atoms with Crippen molar-refractivity contribution in [3.63, 3.8) is 0 Å². The molecule has 0 aromatic heterocycles. The van der Waals surface area contributed by atoms with Gasteiger partial charge < -0.3 is 5.92 Å². The van der Waals surface area contributed by atoms with Crippen LogP contribution in [0.3, 0.4) is 0 Å². The number of hydrogen-bond donors (Lipinski definition) is 0. The molecule has 0 aliphatic rings. The predicted molar refractivity (Wildman–Crippen MR) is 62.3 cm³/mol. The molecule has 5 heteroatoms. The molecule has 0 heterocycles. The van der Waals surface area contributed by atoms with Crippen molar-refractivity contribution in [1.29, 1.82) is 0 Å². The second-order valence-corrected chi connectivity index (χ2v) is 37.1. The van der Waals surface area contributed by atoms with Crippen LogP contribution in [0.25, 0.3) is 0 Å². The molecule has 0 rings (SSSR count). The third-order valence-corrected chi connectivity index (χ3v) is 0. The molecule has 1 radical (unpaired) electrons. The molecule has 0 N–H and O–H groups in total. The van der Waals surface area contributed by atoms with Gasteiger partial charge in [0, 0.05) is 32.7 Å². The molecule has 55 valence electrons. The van der Waals surface area contributed by atoms with Gasteiger partial charge in [0.1, 0.15) is 0 Å².